The van der Waals surface area contributed by atoms with E-state index in [9.17, 15) is 0 Å². The normalized spacial score (nSPS) is 39.3. The second-order valence-electron chi connectivity index (χ2n) is 6.92. The smallest absolute Gasteiger partial charge is 0.0783 e. The first-order valence-corrected chi connectivity index (χ1v) is 9.42. The maximum atomic E-state index is 6.68. The van der Waals surface area contributed by atoms with E-state index in [4.69, 9.17) is 10.5 Å². The standard InChI is InChI=1S/C16H29NOS/c17-15(13-5-3-1-2-4-6-13)14-7-9-18-16(11-14)8-10-19-12-16/h13-15H,1-12,17H2. The van der Waals surface area contributed by atoms with Crippen molar-refractivity contribution in [1.29, 1.82) is 0 Å². The largest absolute Gasteiger partial charge is 0.374 e. The number of ether oxygens (including phenoxy) is 1. The molecule has 19 heavy (non-hydrogen) atoms. The summed E-state index contributed by atoms with van der Waals surface area (Å²) in [6.07, 6.45) is 12.1. The molecular formula is C16H29NOS. The maximum absolute atomic E-state index is 6.68. The fourth-order valence-electron chi connectivity index (χ4n) is 4.34. The van der Waals surface area contributed by atoms with Crippen molar-refractivity contribution in [2.24, 2.45) is 17.6 Å². The zero-order valence-electron chi connectivity index (χ0n) is 12.1. The number of thioether (sulfide) groups is 1. The van der Waals surface area contributed by atoms with E-state index >= 15 is 0 Å². The fourth-order valence-corrected chi connectivity index (χ4v) is 5.72. The molecule has 0 aromatic rings. The van der Waals surface area contributed by atoms with Crippen LogP contribution in [0.2, 0.25) is 0 Å². The Labute approximate surface area is 122 Å². The van der Waals surface area contributed by atoms with E-state index in [0.29, 0.717) is 6.04 Å². The topological polar surface area (TPSA) is 35.2 Å². The highest BCUT2D eigenvalue weighted by atomic mass is 32.2. The Morgan fingerprint density at radius 2 is 1.84 bits per heavy atom. The summed E-state index contributed by atoms with van der Waals surface area (Å²) in [7, 11) is 0. The third-order valence-corrected chi connectivity index (χ3v) is 6.81. The van der Waals surface area contributed by atoms with Gasteiger partial charge in [-0.3, -0.25) is 0 Å². The molecule has 0 aromatic carbocycles. The van der Waals surface area contributed by atoms with E-state index in [1.165, 1.54) is 69.3 Å². The van der Waals surface area contributed by atoms with E-state index in [0.717, 1.165) is 18.4 Å². The Kier molecular flexibility index (Phi) is 4.76. The third-order valence-electron chi connectivity index (χ3n) is 5.59. The molecule has 1 spiro atoms. The molecule has 0 bridgehead atoms. The molecule has 3 aliphatic rings. The molecule has 110 valence electrons. The lowest BCUT2D eigenvalue weighted by Gasteiger charge is -2.42. The zero-order valence-corrected chi connectivity index (χ0v) is 12.9. The predicted octanol–water partition coefficient (Wildman–Crippen LogP) is 3.59. The van der Waals surface area contributed by atoms with Crippen molar-refractivity contribution >= 4 is 11.8 Å². The second-order valence-corrected chi connectivity index (χ2v) is 8.02. The van der Waals surface area contributed by atoms with Crippen molar-refractivity contribution in [2.45, 2.75) is 69.4 Å². The van der Waals surface area contributed by atoms with E-state index in [1.54, 1.807) is 0 Å². The highest BCUT2D eigenvalue weighted by Gasteiger charge is 2.42. The first kappa shape index (κ1) is 14.2. The van der Waals surface area contributed by atoms with Gasteiger partial charge in [0.25, 0.3) is 0 Å². The van der Waals surface area contributed by atoms with E-state index < -0.39 is 0 Å². The van der Waals surface area contributed by atoms with Crippen LogP contribution in [-0.2, 0) is 4.74 Å². The van der Waals surface area contributed by atoms with Crippen LogP contribution < -0.4 is 5.73 Å². The van der Waals surface area contributed by atoms with Gasteiger partial charge >= 0.3 is 0 Å². The van der Waals surface area contributed by atoms with Gasteiger partial charge in [-0.15, -0.1) is 0 Å². The summed E-state index contributed by atoms with van der Waals surface area (Å²) in [6.45, 7) is 0.950. The van der Waals surface area contributed by atoms with E-state index in [-0.39, 0.29) is 5.60 Å². The number of hydrogen-bond acceptors (Lipinski definition) is 3. The summed E-state index contributed by atoms with van der Waals surface area (Å²) in [5.41, 5.74) is 6.89. The Balaban J connectivity index is 1.60. The molecule has 0 aromatic heterocycles. The molecule has 3 atom stereocenters. The van der Waals surface area contributed by atoms with Gasteiger partial charge in [0.2, 0.25) is 0 Å². The van der Waals surface area contributed by atoms with E-state index in [1.807, 2.05) is 0 Å². The van der Waals surface area contributed by atoms with Gasteiger partial charge in [-0.25, -0.2) is 0 Å². The Morgan fingerprint density at radius 3 is 2.53 bits per heavy atom. The van der Waals surface area contributed by atoms with Crippen molar-refractivity contribution in [3.8, 4) is 0 Å². The lowest BCUT2D eigenvalue weighted by molar-refractivity contribution is -0.0863. The molecule has 2 nitrogen and oxygen atoms in total. The molecule has 0 amide bonds. The highest BCUT2D eigenvalue weighted by molar-refractivity contribution is 7.99. The van der Waals surface area contributed by atoms with Crippen LogP contribution in [0.4, 0.5) is 0 Å². The average Bonchev–Trinajstić information content (AvgIpc) is 2.72. The maximum Gasteiger partial charge on any atom is 0.0783 e. The molecule has 2 N–H and O–H groups in total. The van der Waals surface area contributed by atoms with Crippen molar-refractivity contribution in [1.82, 2.24) is 0 Å². The minimum atomic E-state index is 0.204. The minimum absolute atomic E-state index is 0.204. The SMILES string of the molecule is NC(C1CCCCCC1)C1CCOC2(CCSC2)C1. The molecule has 1 aliphatic carbocycles. The van der Waals surface area contributed by atoms with Crippen LogP contribution in [0.1, 0.15) is 57.8 Å². The molecule has 0 radical (unpaired) electrons. The lowest BCUT2D eigenvalue weighted by atomic mass is 9.75. The summed E-state index contributed by atoms with van der Waals surface area (Å²) in [4.78, 5) is 0. The highest BCUT2D eigenvalue weighted by Crippen LogP contribution is 2.42. The minimum Gasteiger partial charge on any atom is -0.374 e. The Morgan fingerprint density at radius 1 is 1.05 bits per heavy atom. The second kappa shape index (κ2) is 6.36. The number of rotatable bonds is 2. The van der Waals surface area contributed by atoms with Crippen LogP contribution in [0.25, 0.3) is 0 Å². The van der Waals surface area contributed by atoms with Gasteiger partial charge in [0.1, 0.15) is 0 Å². The monoisotopic (exact) mass is 283 g/mol. The van der Waals surface area contributed by atoms with Gasteiger partial charge in [-0.05, 0) is 49.7 Å². The van der Waals surface area contributed by atoms with Gasteiger partial charge in [0.15, 0.2) is 0 Å². The van der Waals surface area contributed by atoms with Crippen LogP contribution in [0.5, 0.6) is 0 Å². The number of hydrogen-bond donors (Lipinski definition) is 1. The van der Waals surface area contributed by atoms with Crippen LogP contribution in [-0.4, -0.2) is 29.8 Å². The molecule has 3 heteroatoms. The van der Waals surface area contributed by atoms with Crippen molar-refractivity contribution in [2.75, 3.05) is 18.1 Å². The third kappa shape index (κ3) is 3.30. The van der Waals surface area contributed by atoms with Gasteiger partial charge in [-0.2, -0.15) is 11.8 Å². The van der Waals surface area contributed by atoms with Crippen molar-refractivity contribution < 1.29 is 4.74 Å². The van der Waals surface area contributed by atoms with Gasteiger partial charge in [0.05, 0.1) is 5.60 Å². The first-order valence-electron chi connectivity index (χ1n) is 8.26. The van der Waals surface area contributed by atoms with Crippen LogP contribution in [0.3, 0.4) is 0 Å². The summed E-state index contributed by atoms with van der Waals surface area (Å²) in [5.74, 6) is 4.00. The molecule has 3 rings (SSSR count). The molecule has 1 saturated carbocycles. The quantitative estimate of drug-likeness (QED) is 0.787. The number of nitrogens with two attached hydrogens (primary N) is 1. The molecule has 3 unspecified atom stereocenters. The summed E-state index contributed by atoms with van der Waals surface area (Å²) in [6, 6.07) is 0.435. The van der Waals surface area contributed by atoms with Gasteiger partial charge in [-0.1, -0.05) is 25.7 Å². The zero-order chi connectivity index (χ0) is 13.1. The average molecular weight is 283 g/mol. The van der Waals surface area contributed by atoms with Gasteiger partial charge < -0.3 is 10.5 Å². The Bertz CT molecular complexity index is 282. The van der Waals surface area contributed by atoms with Crippen molar-refractivity contribution in [3.05, 3.63) is 0 Å². The van der Waals surface area contributed by atoms with Gasteiger partial charge in [0, 0.05) is 18.4 Å². The molecular weight excluding hydrogens is 254 g/mol. The predicted molar refractivity (Wildman–Crippen MR) is 82.5 cm³/mol. The fraction of sp³-hybridized carbons (Fsp3) is 1.00. The summed E-state index contributed by atoms with van der Waals surface area (Å²) < 4.78 is 6.14. The summed E-state index contributed by atoms with van der Waals surface area (Å²) >= 11 is 2.07. The van der Waals surface area contributed by atoms with Crippen LogP contribution in [0, 0.1) is 11.8 Å². The Hall–Kier alpha value is 0.270. The first-order chi connectivity index (χ1) is 9.29. The molecule has 2 aliphatic heterocycles. The van der Waals surface area contributed by atoms with Crippen LogP contribution >= 0.6 is 11.8 Å². The lowest BCUT2D eigenvalue weighted by Crippen LogP contribution is -2.47. The molecule has 2 heterocycles. The summed E-state index contributed by atoms with van der Waals surface area (Å²) in [5, 5.41) is 0. The molecule has 2 saturated heterocycles. The van der Waals surface area contributed by atoms with Crippen molar-refractivity contribution in [3.63, 3.8) is 0 Å². The van der Waals surface area contributed by atoms with E-state index in [2.05, 4.69) is 11.8 Å². The molecule has 3 fully saturated rings. The van der Waals surface area contributed by atoms with Crippen LogP contribution in [0.15, 0.2) is 0 Å².